The van der Waals surface area contributed by atoms with Crippen molar-refractivity contribution in [3.63, 3.8) is 0 Å². The van der Waals surface area contributed by atoms with Crippen LogP contribution in [0.5, 0.6) is 0 Å². The van der Waals surface area contributed by atoms with E-state index in [-0.39, 0.29) is 17.7 Å². The Bertz CT molecular complexity index is 1210. The van der Waals surface area contributed by atoms with Gasteiger partial charge in [0.25, 0.3) is 0 Å². The van der Waals surface area contributed by atoms with Crippen molar-refractivity contribution < 1.29 is 10.2 Å². The summed E-state index contributed by atoms with van der Waals surface area (Å²) < 4.78 is 3.45. The van der Waals surface area contributed by atoms with Gasteiger partial charge in [-0.1, -0.05) is 39.8 Å². The number of hydrogen-bond donors (Lipinski definition) is 2. The number of rotatable bonds is 10. The van der Waals surface area contributed by atoms with E-state index in [9.17, 15) is 15.0 Å². The number of aliphatic hydroxyl groups is 2. The molecule has 0 bridgehead atoms. The van der Waals surface area contributed by atoms with E-state index in [0.29, 0.717) is 25.3 Å². The molecule has 35 heavy (non-hydrogen) atoms. The highest BCUT2D eigenvalue weighted by Gasteiger charge is 2.19. The number of likely N-dealkylation sites (N-methyl/N-ethyl adjacent to an activating group) is 2. The quantitative estimate of drug-likeness (QED) is 0.431. The van der Waals surface area contributed by atoms with Crippen LogP contribution >= 0.6 is 0 Å². The van der Waals surface area contributed by atoms with Crippen LogP contribution in [-0.2, 0) is 20.1 Å². The van der Waals surface area contributed by atoms with E-state index in [1.54, 1.807) is 11.6 Å². The summed E-state index contributed by atoms with van der Waals surface area (Å²) in [6, 6.07) is 10.4. The number of aryl methyl sites for hydroxylation is 2. The molecule has 3 rings (SSSR count). The SMILES string of the molecule is CCN(CCN(C)Cc1ccc(C)c(-c2ccc3c(n2)n(C)c(=O)n3CC(C)(C)C)c1)C(O)CO. The lowest BCUT2D eigenvalue weighted by molar-refractivity contribution is -0.0348. The molecule has 0 amide bonds. The standard InChI is InChI=1S/C27H41N5O3/c1-8-31(24(34)17-33)14-13-29(6)16-20-10-9-19(2)21(15-20)22-11-12-23-25(28-22)30(7)26(35)32(23)18-27(3,4)5/h9-12,15,24,33-34H,8,13-14,16-18H2,1-7H3. The van der Waals surface area contributed by atoms with Crippen LogP contribution in [0.3, 0.4) is 0 Å². The maximum absolute atomic E-state index is 12.9. The minimum atomic E-state index is -0.824. The summed E-state index contributed by atoms with van der Waals surface area (Å²) in [5.74, 6) is 0. The Morgan fingerprint density at radius 3 is 2.49 bits per heavy atom. The molecule has 2 heterocycles. The van der Waals surface area contributed by atoms with Gasteiger partial charge in [0.1, 0.15) is 6.23 Å². The monoisotopic (exact) mass is 483 g/mol. The number of pyridine rings is 1. The molecule has 1 aromatic carbocycles. The van der Waals surface area contributed by atoms with Crippen molar-refractivity contribution in [3.8, 4) is 11.3 Å². The second kappa shape index (κ2) is 11.0. The molecule has 8 nitrogen and oxygen atoms in total. The third-order valence-corrected chi connectivity index (χ3v) is 6.40. The average molecular weight is 484 g/mol. The van der Waals surface area contributed by atoms with Crippen LogP contribution in [0.2, 0.25) is 0 Å². The van der Waals surface area contributed by atoms with Gasteiger partial charge in [0.2, 0.25) is 0 Å². The summed E-state index contributed by atoms with van der Waals surface area (Å²) in [7, 11) is 3.84. The van der Waals surface area contributed by atoms with E-state index in [0.717, 1.165) is 35.4 Å². The fourth-order valence-electron chi connectivity index (χ4n) is 4.42. The molecule has 0 spiro atoms. The maximum atomic E-state index is 12.9. The molecule has 1 unspecified atom stereocenters. The Hall–Kier alpha value is -2.52. The van der Waals surface area contributed by atoms with Gasteiger partial charge in [0.15, 0.2) is 5.65 Å². The number of aliphatic hydroxyl groups excluding tert-OH is 2. The van der Waals surface area contributed by atoms with E-state index >= 15 is 0 Å². The number of hydrogen-bond acceptors (Lipinski definition) is 6. The van der Waals surface area contributed by atoms with Crippen molar-refractivity contribution >= 4 is 11.2 Å². The second-order valence-corrected chi connectivity index (χ2v) is 10.7. The van der Waals surface area contributed by atoms with Gasteiger partial charge in [-0.15, -0.1) is 0 Å². The predicted molar refractivity (Wildman–Crippen MR) is 141 cm³/mol. The van der Waals surface area contributed by atoms with Crippen LogP contribution in [-0.4, -0.2) is 73.6 Å². The first-order valence-electron chi connectivity index (χ1n) is 12.3. The van der Waals surface area contributed by atoms with Gasteiger partial charge in [-0.3, -0.25) is 14.0 Å². The molecule has 0 saturated carbocycles. The summed E-state index contributed by atoms with van der Waals surface area (Å²) in [4.78, 5) is 21.9. The zero-order valence-electron chi connectivity index (χ0n) is 22.2. The summed E-state index contributed by atoms with van der Waals surface area (Å²) in [5.41, 5.74) is 5.70. The predicted octanol–water partition coefficient (Wildman–Crippen LogP) is 2.82. The Labute approximate surface area is 208 Å². The Balaban J connectivity index is 1.85. The molecule has 0 aliphatic rings. The van der Waals surface area contributed by atoms with Crippen molar-refractivity contribution in [1.82, 2.24) is 23.9 Å². The van der Waals surface area contributed by atoms with E-state index in [2.05, 4.69) is 57.8 Å². The molecule has 2 aromatic heterocycles. The highest BCUT2D eigenvalue weighted by Crippen LogP contribution is 2.26. The van der Waals surface area contributed by atoms with Crippen LogP contribution in [0, 0.1) is 12.3 Å². The van der Waals surface area contributed by atoms with E-state index in [4.69, 9.17) is 4.98 Å². The van der Waals surface area contributed by atoms with Crippen LogP contribution in [0.15, 0.2) is 35.1 Å². The van der Waals surface area contributed by atoms with Crippen LogP contribution in [0.25, 0.3) is 22.4 Å². The summed E-state index contributed by atoms with van der Waals surface area (Å²) in [6.07, 6.45) is -0.824. The average Bonchev–Trinajstić information content (AvgIpc) is 3.03. The van der Waals surface area contributed by atoms with Crippen molar-refractivity contribution in [2.45, 2.75) is 53.9 Å². The first-order chi connectivity index (χ1) is 16.4. The smallest absolute Gasteiger partial charge is 0.330 e. The molecule has 1 atom stereocenters. The molecule has 0 saturated heterocycles. The molecular formula is C27H41N5O3. The Kier molecular flexibility index (Phi) is 8.54. The molecule has 0 aliphatic heterocycles. The van der Waals surface area contributed by atoms with Gasteiger partial charge in [0, 0.05) is 38.8 Å². The van der Waals surface area contributed by atoms with E-state index in [1.807, 2.05) is 28.5 Å². The van der Waals surface area contributed by atoms with Gasteiger partial charge in [0.05, 0.1) is 17.8 Å². The lowest BCUT2D eigenvalue weighted by Gasteiger charge is -2.27. The van der Waals surface area contributed by atoms with Gasteiger partial charge >= 0.3 is 5.69 Å². The summed E-state index contributed by atoms with van der Waals surface area (Å²) in [6.45, 7) is 13.7. The minimum Gasteiger partial charge on any atom is -0.392 e. The first-order valence-corrected chi connectivity index (χ1v) is 12.3. The number of imidazole rings is 1. The summed E-state index contributed by atoms with van der Waals surface area (Å²) >= 11 is 0. The molecular weight excluding hydrogens is 442 g/mol. The molecule has 3 aromatic rings. The molecule has 8 heteroatoms. The normalized spacial score (nSPS) is 13.3. The number of aromatic nitrogens is 3. The van der Waals surface area contributed by atoms with Gasteiger partial charge in [-0.05, 0) is 55.3 Å². The lowest BCUT2D eigenvalue weighted by atomic mass is 9.97. The molecule has 0 radical (unpaired) electrons. The van der Waals surface area contributed by atoms with E-state index in [1.165, 1.54) is 5.56 Å². The second-order valence-electron chi connectivity index (χ2n) is 10.7. The van der Waals surface area contributed by atoms with Crippen molar-refractivity contribution in [2.75, 3.05) is 33.3 Å². The molecule has 192 valence electrons. The minimum absolute atomic E-state index is 0.0158. The zero-order chi connectivity index (χ0) is 25.9. The Morgan fingerprint density at radius 1 is 1.14 bits per heavy atom. The van der Waals surface area contributed by atoms with Crippen molar-refractivity contribution in [1.29, 1.82) is 0 Å². The van der Waals surface area contributed by atoms with Crippen molar-refractivity contribution in [2.24, 2.45) is 12.5 Å². The molecule has 0 aliphatic carbocycles. The maximum Gasteiger partial charge on any atom is 0.330 e. The third kappa shape index (κ3) is 6.38. The number of benzene rings is 1. The number of nitrogens with zero attached hydrogens (tertiary/aromatic N) is 5. The third-order valence-electron chi connectivity index (χ3n) is 6.40. The van der Waals surface area contributed by atoms with Gasteiger partial charge in [-0.2, -0.15) is 0 Å². The Morgan fingerprint density at radius 2 is 1.86 bits per heavy atom. The zero-order valence-corrected chi connectivity index (χ0v) is 22.2. The molecule has 0 fully saturated rings. The lowest BCUT2D eigenvalue weighted by Crippen LogP contribution is -2.41. The fourth-order valence-corrected chi connectivity index (χ4v) is 4.42. The van der Waals surface area contributed by atoms with Crippen LogP contribution in [0.1, 0.15) is 38.8 Å². The fraction of sp³-hybridized carbons (Fsp3) is 0.556. The topological polar surface area (TPSA) is 86.8 Å². The highest BCUT2D eigenvalue weighted by atomic mass is 16.3. The summed E-state index contributed by atoms with van der Waals surface area (Å²) in [5, 5.41) is 19.1. The van der Waals surface area contributed by atoms with E-state index < -0.39 is 6.23 Å². The largest absolute Gasteiger partial charge is 0.392 e. The number of fused-ring (bicyclic) bond motifs is 1. The van der Waals surface area contributed by atoms with Crippen LogP contribution in [0.4, 0.5) is 0 Å². The van der Waals surface area contributed by atoms with Crippen LogP contribution < -0.4 is 5.69 Å². The van der Waals surface area contributed by atoms with Gasteiger partial charge in [-0.25, -0.2) is 9.78 Å². The van der Waals surface area contributed by atoms with Gasteiger partial charge < -0.3 is 15.1 Å². The molecule has 2 N–H and O–H groups in total. The van der Waals surface area contributed by atoms with Crippen molar-refractivity contribution in [3.05, 3.63) is 51.9 Å². The highest BCUT2D eigenvalue weighted by molar-refractivity contribution is 5.77. The first kappa shape index (κ1) is 27.1.